The van der Waals surface area contributed by atoms with E-state index in [1.54, 1.807) is 37.3 Å². The highest BCUT2D eigenvalue weighted by Gasteiger charge is 2.67. The minimum absolute atomic E-state index is 0.0374. The largest absolute Gasteiger partial charge is 0.454 e. The zero-order chi connectivity index (χ0) is 34.5. The van der Waals surface area contributed by atoms with Gasteiger partial charge in [-0.15, -0.1) is 0 Å². The molecule has 2 bridgehead atoms. The van der Waals surface area contributed by atoms with Crippen molar-refractivity contribution in [2.45, 2.75) is 13.3 Å². The van der Waals surface area contributed by atoms with Crippen LogP contribution >= 0.6 is 39.1 Å². The second-order valence-corrected chi connectivity index (χ2v) is 14.5. The third kappa shape index (κ3) is 5.01. The highest BCUT2D eigenvalue weighted by atomic mass is 79.9. The molecular weight excluding hydrogens is 737 g/mol. The number of esters is 1. The van der Waals surface area contributed by atoms with Gasteiger partial charge in [-0.2, -0.15) is 0 Å². The Kier molecular flexibility index (Phi) is 7.51. The first kappa shape index (κ1) is 31.8. The van der Waals surface area contributed by atoms with Crippen LogP contribution in [0.3, 0.4) is 0 Å². The molecule has 10 nitrogen and oxygen atoms in total. The van der Waals surface area contributed by atoms with Crippen LogP contribution in [0.1, 0.15) is 32.7 Å². The Labute approximate surface area is 297 Å². The van der Waals surface area contributed by atoms with Crippen molar-refractivity contribution in [2.75, 3.05) is 11.5 Å². The summed E-state index contributed by atoms with van der Waals surface area (Å²) in [5.74, 6) is -1.16. The third-order valence-electron chi connectivity index (χ3n) is 10.3. The normalized spacial score (nSPS) is 24.6. The Balaban J connectivity index is 1.09. The van der Waals surface area contributed by atoms with Gasteiger partial charge in [-0.05, 0) is 94.9 Å². The second-order valence-electron chi connectivity index (χ2n) is 12.9. The fourth-order valence-corrected chi connectivity index (χ4v) is 8.74. The number of fused-ring (bicyclic) bond motifs is 1. The van der Waals surface area contributed by atoms with Gasteiger partial charge in [0.1, 0.15) is 5.02 Å². The van der Waals surface area contributed by atoms with Gasteiger partial charge in [0, 0.05) is 27.1 Å². The number of ether oxygens (including phenoxy) is 1. The van der Waals surface area contributed by atoms with E-state index in [4.69, 9.17) is 32.9 Å². The van der Waals surface area contributed by atoms with Crippen molar-refractivity contribution in [1.29, 1.82) is 0 Å². The van der Waals surface area contributed by atoms with Crippen molar-refractivity contribution >= 4 is 85.0 Å². The zero-order valence-corrected chi connectivity index (χ0v) is 28.7. The molecule has 0 radical (unpaired) electrons. The molecule has 5 aliphatic rings. The van der Waals surface area contributed by atoms with Crippen LogP contribution in [0, 0.1) is 52.5 Å². The zero-order valence-electron chi connectivity index (χ0n) is 25.6. The summed E-state index contributed by atoms with van der Waals surface area (Å²) in [6.45, 7) is 1.08. The number of pyridine rings is 1. The lowest BCUT2D eigenvalue weighted by atomic mass is 9.63. The van der Waals surface area contributed by atoms with E-state index in [1.165, 1.54) is 23.1 Å². The number of amides is 2. The number of Topliss-reactive ketones (excluding diaryl/α,β-unsaturated/α-hetero) is 1. The summed E-state index contributed by atoms with van der Waals surface area (Å²) in [6, 6.07) is 13.6. The van der Waals surface area contributed by atoms with Crippen molar-refractivity contribution in [3.8, 4) is 11.3 Å². The Bertz CT molecular complexity index is 2190. The summed E-state index contributed by atoms with van der Waals surface area (Å²) in [7, 11) is 0. The van der Waals surface area contributed by atoms with E-state index >= 15 is 0 Å². The molecule has 13 heteroatoms. The molecule has 49 heavy (non-hydrogen) atoms. The number of hydrogen-bond donors (Lipinski definition) is 0. The maximum absolute atomic E-state index is 13.6. The Morgan fingerprint density at radius 2 is 1.65 bits per heavy atom. The van der Waals surface area contributed by atoms with Crippen molar-refractivity contribution < 1.29 is 28.8 Å². The number of benzene rings is 3. The lowest BCUT2D eigenvalue weighted by molar-refractivity contribution is -0.384. The number of allylic oxidation sites excluding steroid dienone is 2. The lowest BCUT2D eigenvalue weighted by Gasteiger charge is -2.37. The van der Waals surface area contributed by atoms with Crippen LogP contribution in [0.5, 0.6) is 0 Å². The van der Waals surface area contributed by atoms with E-state index in [2.05, 4.69) is 28.1 Å². The Morgan fingerprint density at radius 1 is 1.00 bits per heavy atom. The fourth-order valence-electron chi connectivity index (χ4n) is 7.89. The van der Waals surface area contributed by atoms with E-state index in [1.807, 2.05) is 0 Å². The van der Waals surface area contributed by atoms with E-state index in [9.17, 15) is 29.3 Å². The molecular formula is C36H24BrCl2N3O7. The molecule has 2 amide bonds. The van der Waals surface area contributed by atoms with Gasteiger partial charge >= 0.3 is 5.97 Å². The molecule has 4 aromatic rings. The molecule has 4 aliphatic carbocycles. The van der Waals surface area contributed by atoms with Crippen LogP contribution in [0.15, 0.2) is 71.2 Å². The summed E-state index contributed by atoms with van der Waals surface area (Å²) in [5, 5.41) is 12.0. The monoisotopic (exact) mass is 759 g/mol. The number of imide groups is 1. The molecule has 3 aromatic carbocycles. The van der Waals surface area contributed by atoms with Crippen molar-refractivity contribution in [3.05, 3.63) is 108 Å². The molecule has 0 N–H and O–H groups in total. The number of carbonyl (C=O) groups is 4. The van der Waals surface area contributed by atoms with E-state index in [0.717, 1.165) is 12.5 Å². The molecule has 2 heterocycles. The molecule has 1 aliphatic heterocycles. The van der Waals surface area contributed by atoms with Gasteiger partial charge in [-0.1, -0.05) is 47.5 Å². The summed E-state index contributed by atoms with van der Waals surface area (Å²) in [5.41, 5.74) is 2.12. The van der Waals surface area contributed by atoms with Crippen LogP contribution in [0.25, 0.3) is 22.2 Å². The molecule has 6 unspecified atom stereocenters. The summed E-state index contributed by atoms with van der Waals surface area (Å²) < 4.78 is 5.95. The van der Waals surface area contributed by atoms with E-state index in [-0.39, 0.29) is 51.6 Å². The number of nitrogens with zero attached hydrogens (tertiary/aromatic N) is 3. The second kappa shape index (κ2) is 11.6. The number of ketones is 1. The third-order valence-corrected chi connectivity index (χ3v) is 12.0. The minimum atomic E-state index is -0.826. The van der Waals surface area contributed by atoms with Crippen LogP contribution < -0.4 is 4.90 Å². The molecule has 246 valence electrons. The molecule has 1 saturated heterocycles. The number of rotatable bonds is 7. The number of carbonyl (C=O) groups excluding carboxylic acids is 4. The minimum Gasteiger partial charge on any atom is -0.454 e. The first-order valence-electron chi connectivity index (χ1n) is 15.5. The topological polar surface area (TPSA) is 137 Å². The van der Waals surface area contributed by atoms with Gasteiger partial charge in [-0.25, -0.2) is 9.78 Å². The van der Waals surface area contributed by atoms with Gasteiger partial charge in [0.05, 0.1) is 44.2 Å². The SMILES string of the molecule is Cc1c(Cl)c(Br)cc2c(C(=O)OCC(=O)c3ccc(Cl)c([N+](=O)[O-])c3)cc(-c3ccc(N4C(=O)C5C6C=CC(C7CC67)C5C4=O)cc3)nc12. The van der Waals surface area contributed by atoms with E-state index in [0.29, 0.717) is 54.7 Å². The summed E-state index contributed by atoms with van der Waals surface area (Å²) in [4.78, 5) is 70.4. The van der Waals surface area contributed by atoms with Crippen molar-refractivity contribution in [3.63, 3.8) is 0 Å². The highest BCUT2D eigenvalue weighted by Crippen LogP contribution is 2.65. The summed E-state index contributed by atoms with van der Waals surface area (Å²) in [6.07, 6.45) is 5.36. The van der Waals surface area contributed by atoms with Crippen LogP contribution in [0.4, 0.5) is 11.4 Å². The Hall–Kier alpha value is -4.45. The number of nitro groups is 1. The van der Waals surface area contributed by atoms with Gasteiger partial charge < -0.3 is 4.74 Å². The summed E-state index contributed by atoms with van der Waals surface area (Å²) >= 11 is 15.8. The smallest absolute Gasteiger partial charge is 0.339 e. The van der Waals surface area contributed by atoms with Crippen LogP contribution in [0.2, 0.25) is 10.0 Å². The Morgan fingerprint density at radius 3 is 2.29 bits per heavy atom. The number of anilines is 1. The first-order valence-corrected chi connectivity index (χ1v) is 17.1. The number of nitro benzene ring substituents is 1. The maximum Gasteiger partial charge on any atom is 0.339 e. The predicted octanol–water partition coefficient (Wildman–Crippen LogP) is 7.78. The highest BCUT2D eigenvalue weighted by molar-refractivity contribution is 9.10. The molecule has 9 rings (SSSR count). The van der Waals surface area contributed by atoms with Crippen LogP contribution in [-0.2, 0) is 14.3 Å². The molecule has 1 aromatic heterocycles. The number of aryl methyl sites for hydroxylation is 1. The van der Waals surface area contributed by atoms with Gasteiger partial charge in [0.25, 0.3) is 5.69 Å². The van der Waals surface area contributed by atoms with Gasteiger partial charge in [-0.3, -0.25) is 29.4 Å². The molecule has 2 saturated carbocycles. The van der Waals surface area contributed by atoms with Crippen molar-refractivity contribution in [1.82, 2.24) is 4.98 Å². The molecule has 6 atom stereocenters. The quantitative estimate of drug-likeness (QED) is 0.0465. The van der Waals surface area contributed by atoms with Crippen LogP contribution in [-0.4, -0.2) is 40.1 Å². The first-order chi connectivity index (χ1) is 23.4. The number of aromatic nitrogens is 1. The van der Waals surface area contributed by atoms with Gasteiger partial charge in [0.15, 0.2) is 6.61 Å². The average Bonchev–Trinajstić information content (AvgIpc) is 3.88. The fraction of sp³-hybridized carbons (Fsp3) is 0.250. The maximum atomic E-state index is 13.6. The predicted molar refractivity (Wildman–Crippen MR) is 185 cm³/mol. The molecule has 3 fully saturated rings. The number of halogens is 3. The standard InChI is InChI=1S/C36H24BrCl2N3O7/c1-15-32(39)25(37)12-23-24(36(46)49-14-29(43)17-4-9-26(38)28(10-17)42(47)48)13-27(40-33(15)23)16-2-5-18(6-3-16)41-34(44)30-19-7-8-20(22-11-21(19)22)31(30)35(41)45/h2-10,12-13,19-22,30-31H,11,14H2,1H3. The molecule has 0 spiro atoms. The average molecular weight is 761 g/mol. The van der Waals surface area contributed by atoms with Crippen molar-refractivity contribution in [2.24, 2.45) is 35.5 Å². The van der Waals surface area contributed by atoms with E-state index < -0.39 is 29.0 Å². The lowest BCUT2D eigenvalue weighted by Crippen LogP contribution is -2.40. The van der Waals surface area contributed by atoms with Gasteiger partial charge in [0.2, 0.25) is 17.6 Å². The number of hydrogen-bond acceptors (Lipinski definition) is 8.